The van der Waals surface area contributed by atoms with Crippen LogP contribution in [-0.4, -0.2) is 23.6 Å². The molecule has 0 saturated carbocycles. The van der Waals surface area contributed by atoms with Crippen molar-refractivity contribution in [3.05, 3.63) is 77.4 Å². The Labute approximate surface area is 167 Å². The molecule has 1 aromatic heterocycles. The van der Waals surface area contributed by atoms with Crippen molar-refractivity contribution < 1.29 is 23.5 Å². The van der Waals surface area contributed by atoms with Gasteiger partial charge in [-0.1, -0.05) is 30.3 Å². The van der Waals surface area contributed by atoms with Gasteiger partial charge in [0.25, 0.3) is 5.91 Å². The summed E-state index contributed by atoms with van der Waals surface area (Å²) in [6, 6.07) is 16.9. The Morgan fingerprint density at radius 3 is 2.52 bits per heavy atom. The quantitative estimate of drug-likeness (QED) is 0.643. The topological polar surface area (TPSA) is 90.7 Å². The standard InChI is InChI=1S/C22H18N2O5/c1-14-18(23-21(28-14)16-5-3-2-4-6-16)11-12-27-17-9-7-15(8-10-17)13-19-20(25)24-22(26)29-19/h2-10,13H,11-12H2,1H3,(H,24,25,26)/b19-13-. The second-order valence-corrected chi connectivity index (χ2v) is 6.41. The molecule has 1 aliphatic rings. The Morgan fingerprint density at radius 1 is 1.07 bits per heavy atom. The Balaban J connectivity index is 1.34. The number of hydrogen-bond acceptors (Lipinski definition) is 6. The largest absolute Gasteiger partial charge is 0.493 e. The fourth-order valence-electron chi connectivity index (χ4n) is 2.86. The average molecular weight is 390 g/mol. The third-order valence-electron chi connectivity index (χ3n) is 4.34. The van der Waals surface area contributed by atoms with Crippen LogP contribution in [0.2, 0.25) is 0 Å². The molecule has 0 spiro atoms. The number of nitrogens with zero attached hydrogens (tertiary/aromatic N) is 1. The van der Waals surface area contributed by atoms with Crippen LogP contribution < -0.4 is 10.1 Å². The Hall–Kier alpha value is -3.87. The lowest BCUT2D eigenvalue weighted by Gasteiger charge is -2.05. The van der Waals surface area contributed by atoms with Gasteiger partial charge in [-0.15, -0.1) is 0 Å². The highest BCUT2D eigenvalue weighted by atomic mass is 16.6. The maximum absolute atomic E-state index is 11.5. The van der Waals surface area contributed by atoms with Crippen LogP contribution in [0.5, 0.6) is 5.75 Å². The number of aryl methyl sites for hydroxylation is 1. The minimum Gasteiger partial charge on any atom is -0.493 e. The molecule has 7 heteroatoms. The molecule has 2 aromatic carbocycles. The molecule has 3 aromatic rings. The molecule has 2 amide bonds. The van der Waals surface area contributed by atoms with Crippen LogP contribution in [0.3, 0.4) is 0 Å². The molecule has 146 valence electrons. The Morgan fingerprint density at radius 2 is 1.83 bits per heavy atom. The lowest BCUT2D eigenvalue weighted by molar-refractivity contribution is -0.116. The van der Waals surface area contributed by atoms with E-state index < -0.39 is 12.0 Å². The van der Waals surface area contributed by atoms with Gasteiger partial charge in [-0.25, -0.2) is 9.78 Å². The van der Waals surface area contributed by atoms with Crippen molar-refractivity contribution in [1.29, 1.82) is 0 Å². The van der Waals surface area contributed by atoms with E-state index in [1.165, 1.54) is 6.08 Å². The summed E-state index contributed by atoms with van der Waals surface area (Å²) in [5.74, 6) is 1.49. The SMILES string of the molecule is Cc1oc(-c2ccccc2)nc1CCOc1ccc(/C=C2\OC(=O)NC2=O)cc1. The predicted molar refractivity (Wildman–Crippen MR) is 105 cm³/mol. The minimum absolute atomic E-state index is 0.0283. The first-order chi connectivity index (χ1) is 14.1. The molecule has 0 bridgehead atoms. The van der Waals surface area contributed by atoms with Gasteiger partial charge in [0.1, 0.15) is 11.5 Å². The van der Waals surface area contributed by atoms with Crippen LogP contribution >= 0.6 is 0 Å². The van der Waals surface area contributed by atoms with Crippen molar-refractivity contribution in [3.8, 4) is 17.2 Å². The van der Waals surface area contributed by atoms with Crippen molar-refractivity contribution in [2.75, 3.05) is 6.61 Å². The fourth-order valence-corrected chi connectivity index (χ4v) is 2.86. The number of carbonyl (C=O) groups excluding carboxylic acids is 2. The predicted octanol–water partition coefficient (Wildman–Crippen LogP) is 3.88. The highest BCUT2D eigenvalue weighted by Crippen LogP contribution is 2.22. The van der Waals surface area contributed by atoms with Crippen molar-refractivity contribution in [2.24, 2.45) is 0 Å². The van der Waals surface area contributed by atoms with E-state index in [2.05, 4.69) is 10.3 Å². The third-order valence-corrected chi connectivity index (χ3v) is 4.34. The van der Waals surface area contributed by atoms with Crippen LogP contribution in [0.1, 0.15) is 17.0 Å². The monoisotopic (exact) mass is 390 g/mol. The summed E-state index contributed by atoms with van der Waals surface area (Å²) in [6.45, 7) is 2.34. The van der Waals surface area contributed by atoms with Crippen molar-refractivity contribution in [2.45, 2.75) is 13.3 Å². The van der Waals surface area contributed by atoms with Crippen LogP contribution in [0, 0.1) is 6.92 Å². The number of ether oxygens (including phenoxy) is 2. The number of benzene rings is 2. The van der Waals surface area contributed by atoms with Crippen molar-refractivity contribution in [1.82, 2.24) is 10.3 Å². The third kappa shape index (κ3) is 4.35. The smallest absolute Gasteiger partial charge is 0.419 e. The number of alkyl carbamates (subject to hydrolysis) is 1. The molecular formula is C22H18N2O5. The van der Waals surface area contributed by atoms with Crippen LogP contribution in [0.4, 0.5) is 4.79 Å². The number of rotatable bonds is 6. The Kier molecular flexibility index (Phi) is 5.11. The maximum atomic E-state index is 11.5. The fraction of sp³-hybridized carbons (Fsp3) is 0.136. The normalized spacial score (nSPS) is 14.7. The number of amides is 2. The summed E-state index contributed by atoms with van der Waals surface area (Å²) in [5, 5.41) is 2.05. The minimum atomic E-state index is -0.764. The second kappa shape index (κ2) is 8.02. The molecule has 0 aliphatic carbocycles. The summed E-state index contributed by atoms with van der Waals surface area (Å²) in [5.41, 5.74) is 2.52. The van der Waals surface area contributed by atoms with Gasteiger partial charge in [-0.05, 0) is 42.8 Å². The molecule has 4 rings (SSSR count). The van der Waals surface area contributed by atoms with Gasteiger partial charge in [0.2, 0.25) is 5.89 Å². The van der Waals surface area contributed by atoms with Gasteiger partial charge in [0.15, 0.2) is 5.76 Å². The molecule has 1 aliphatic heterocycles. The molecule has 1 N–H and O–H groups in total. The number of imide groups is 1. The lowest BCUT2D eigenvalue weighted by Crippen LogP contribution is -2.18. The van der Waals surface area contributed by atoms with Gasteiger partial charge in [0.05, 0.1) is 12.3 Å². The van der Waals surface area contributed by atoms with E-state index in [1.54, 1.807) is 24.3 Å². The molecule has 1 fully saturated rings. The van der Waals surface area contributed by atoms with Gasteiger partial charge in [-0.3, -0.25) is 10.1 Å². The van der Waals surface area contributed by atoms with E-state index in [0.29, 0.717) is 24.7 Å². The average Bonchev–Trinajstić information content (AvgIpc) is 3.25. The molecule has 1 saturated heterocycles. The van der Waals surface area contributed by atoms with Crippen molar-refractivity contribution >= 4 is 18.1 Å². The van der Waals surface area contributed by atoms with Gasteiger partial charge in [0, 0.05) is 12.0 Å². The lowest BCUT2D eigenvalue weighted by atomic mass is 10.2. The number of carbonyl (C=O) groups is 2. The summed E-state index contributed by atoms with van der Waals surface area (Å²) in [4.78, 5) is 27.1. The number of aromatic nitrogens is 1. The molecule has 0 atom stereocenters. The van der Waals surface area contributed by atoms with Gasteiger partial charge < -0.3 is 13.9 Å². The first-order valence-electron chi connectivity index (χ1n) is 9.08. The first kappa shape index (κ1) is 18.5. The molecule has 0 radical (unpaired) electrons. The van der Waals surface area contributed by atoms with E-state index in [-0.39, 0.29) is 5.76 Å². The number of hydrogen-bond donors (Lipinski definition) is 1. The first-order valence-corrected chi connectivity index (χ1v) is 9.08. The zero-order valence-electron chi connectivity index (χ0n) is 15.7. The zero-order valence-corrected chi connectivity index (χ0v) is 15.7. The summed E-state index contributed by atoms with van der Waals surface area (Å²) in [7, 11) is 0. The van der Waals surface area contributed by atoms with Crippen LogP contribution in [-0.2, 0) is 16.0 Å². The summed E-state index contributed by atoms with van der Waals surface area (Å²) in [6.07, 6.45) is 1.34. The maximum Gasteiger partial charge on any atom is 0.419 e. The summed E-state index contributed by atoms with van der Waals surface area (Å²) < 4.78 is 16.3. The second-order valence-electron chi connectivity index (χ2n) is 6.41. The zero-order chi connectivity index (χ0) is 20.2. The van der Waals surface area contributed by atoms with E-state index in [1.807, 2.05) is 37.3 Å². The molecule has 2 heterocycles. The van der Waals surface area contributed by atoms with E-state index in [0.717, 1.165) is 22.6 Å². The van der Waals surface area contributed by atoms with E-state index in [4.69, 9.17) is 13.9 Å². The van der Waals surface area contributed by atoms with Crippen LogP contribution in [0.25, 0.3) is 17.5 Å². The van der Waals surface area contributed by atoms with E-state index >= 15 is 0 Å². The number of cyclic esters (lactones) is 1. The number of nitrogens with one attached hydrogen (secondary N) is 1. The van der Waals surface area contributed by atoms with Crippen LogP contribution in [0.15, 0.2) is 64.8 Å². The molecule has 0 unspecified atom stereocenters. The molecule has 29 heavy (non-hydrogen) atoms. The van der Waals surface area contributed by atoms with Gasteiger partial charge >= 0.3 is 6.09 Å². The van der Waals surface area contributed by atoms with Crippen molar-refractivity contribution in [3.63, 3.8) is 0 Å². The highest BCUT2D eigenvalue weighted by Gasteiger charge is 2.25. The summed E-state index contributed by atoms with van der Waals surface area (Å²) >= 11 is 0. The van der Waals surface area contributed by atoms with Gasteiger partial charge in [-0.2, -0.15) is 0 Å². The highest BCUT2D eigenvalue weighted by molar-refractivity contribution is 6.09. The Bertz CT molecular complexity index is 1070. The molecule has 7 nitrogen and oxygen atoms in total. The van der Waals surface area contributed by atoms with E-state index in [9.17, 15) is 9.59 Å². The number of oxazole rings is 1. The molecular weight excluding hydrogens is 372 g/mol.